The number of thioether (sulfide) groups is 1. The number of unbranched alkanes of at least 4 members (excludes halogenated alkanes) is 2. The van der Waals surface area contributed by atoms with Gasteiger partial charge in [-0.2, -0.15) is 11.8 Å². The summed E-state index contributed by atoms with van der Waals surface area (Å²) in [5.74, 6) is 2.09. The first-order chi connectivity index (χ1) is 14.5. The highest BCUT2D eigenvalue weighted by molar-refractivity contribution is 7.99. The predicted molar refractivity (Wildman–Crippen MR) is 132 cm³/mol. The van der Waals surface area contributed by atoms with E-state index in [1.165, 1.54) is 12.8 Å². The number of nitrogens with one attached hydrogen (secondary N) is 2. The van der Waals surface area contributed by atoms with E-state index in [0.717, 1.165) is 24.3 Å². The van der Waals surface area contributed by atoms with E-state index in [0.29, 0.717) is 63.2 Å². The van der Waals surface area contributed by atoms with Crippen LogP contribution in [0.15, 0.2) is 0 Å². The molecule has 2 amide bonds. The maximum absolute atomic E-state index is 11.8. The van der Waals surface area contributed by atoms with Gasteiger partial charge in [-0.3, -0.25) is 9.59 Å². The number of hydrogen-bond acceptors (Lipinski definition) is 5. The topological polar surface area (TPSA) is 76.7 Å². The van der Waals surface area contributed by atoms with Crippen LogP contribution in [0.3, 0.4) is 0 Å². The minimum Gasteiger partial charge on any atom is -0.377 e. The van der Waals surface area contributed by atoms with E-state index in [-0.39, 0.29) is 11.8 Å². The van der Waals surface area contributed by atoms with Gasteiger partial charge in [0.25, 0.3) is 0 Å². The van der Waals surface area contributed by atoms with Gasteiger partial charge in [0, 0.05) is 31.7 Å². The van der Waals surface area contributed by atoms with E-state index in [9.17, 15) is 9.59 Å². The van der Waals surface area contributed by atoms with Gasteiger partial charge < -0.3 is 20.1 Å². The van der Waals surface area contributed by atoms with Crippen molar-refractivity contribution in [3.8, 4) is 0 Å². The molecule has 6 nitrogen and oxygen atoms in total. The fraction of sp³-hybridized carbons (Fsp3) is 0.917. The molecule has 0 saturated heterocycles. The lowest BCUT2D eigenvalue weighted by Crippen LogP contribution is -2.28. The van der Waals surface area contributed by atoms with Crippen LogP contribution < -0.4 is 10.6 Å². The molecule has 0 fully saturated rings. The molecule has 0 unspecified atom stereocenters. The average molecular weight is 461 g/mol. The van der Waals surface area contributed by atoms with Crippen LogP contribution in [-0.2, 0) is 19.1 Å². The van der Waals surface area contributed by atoms with Crippen molar-refractivity contribution < 1.29 is 19.1 Å². The normalized spacial score (nSPS) is 12.1. The fourth-order valence-electron chi connectivity index (χ4n) is 2.68. The Labute approximate surface area is 195 Å². The van der Waals surface area contributed by atoms with E-state index in [1.807, 2.05) is 11.8 Å². The largest absolute Gasteiger partial charge is 0.377 e. The molecule has 0 radical (unpaired) electrons. The second-order valence-corrected chi connectivity index (χ2v) is 11.5. The third kappa shape index (κ3) is 25.3. The zero-order valence-electron chi connectivity index (χ0n) is 20.9. The Hall–Kier alpha value is -0.790. The van der Waals surface area contributed by atoms with E-state index in [2.05, 4.69) is 52.2 Å². The van der Waals surface area contributed by atoms with E-state index in [4.69, 9.17) is 9.47 Å². The molecule has 7 heteroatoms. The van der Waals surface area contributed by atoms with E-state index in [1.54, 1.807) is 0 Å². The van der Waals surface area contributed by atoms with Gasteiger partial charge in [-0.1, -0.05) is 54.4 Å². The van der Waals surface area contributed by atoms with Crippen molar-refractivity contribution in [1.82, 2.24) is 10.6 Å². The number of ether oxygens (including phenoxy) is 2. The molecular weight excluding hydrogens is 412 g/mol. The van der Waals surface area contributed by atoms with Crippen molar-refractivity contribution in [3.63, 3.8) is 0 Å². The van der Waals surface area contributed by atoms with E-state index < -0.39 is 0 Å². The molecule has 0 aromatic heterocycles. The van der Waals surface area contributed by atoms with Crippen LogP contribution in [0.1, 0.15) is 80.1 Å². The first kappa shape index (κ1) is 30.2. The molecule has 0 bridgehead atoms. The van der Waals surface area contributed by atoms with Crippen molar-refractivity contribution in [2.75, 3.05) is 51.0 Å². The number of hydrogen-bond donors (Lipinski definition) is 2. The third-order valence-corrected chi connectivity index (χ3v) is 5.91. The van der Waals surface area contributed by atoms with Gasteiger partial charge in [-0.05, 0) is 29.4 Å². The van der Waals surface area contributed by atoms with Gasteiger partial charge in [-0.15, -0.1) is 0 Å². The minimum atomic E-state index is 0.0752. The first-order valence-corrected chi connectivity index (χ1v) is 12.9. The van der Waals surface area contributed by atoms with Gasteiger partial charge in [0.15, 0.2) is 0 Å². The van der Waals surface area contributed by atoms with Crippen molar-refractivity contribution in [1.29, 1.82) is 0 Å². The van der Waals surface area contributed by atoms with Gasteiger partial charge in [0.2, 0.25) is 11.8 Å². The number of carbonyl (C=O) groups is 2. The monoisotopic (exact) mass is 460 g/mol. The zero-order valence-corrected chi connectivity index (χ0v) is 21.8. The Balaban J connectivity index is 3.34. The quantitative estimate of drug-likeness (QED) is 0.296. The Morgan fingerprint density at radius 1 is 0.710 bits per heavy atom. The van der Waals surface area contributed by atoms with Crippen molar-refractivity contribution >= 4 is 23.6 Å². The predicted octanol–water partition coefficient (Wildman–Crippen LogP) is 4.42. The SMILES string of the molecule is CC(C)(C)CCCCCC(=O)NCCOCCOCCNC(=O)CCSCC(C)(C)C. The molecule has 184 valence electrons. The van der Waals surface area contributed by atoms with Gasteiger partial charge in [0.1, 0.15) is 0 Å². The maximum Gasteiger partial charge on any atom is 0.220 e. The molecule has 2 N–H and O–H groups in total. The van der Waals surface area contributed by atoms with Crippen LogP contribution in [0.5, 0.6) is 0 Å². The molecule has 0 saturated carbocycles. The smallest absolute Gasteiger partial charge is 0.220 e. The summed E-state index contributed by atoms with van der Waals surface area (Å²) in [4.78, 5) is 23.5. The molecule has 0 aromatic carbocycles. The zero-order chi connectivity index (χ0) is 23.6. The maximum atomic E-state index is 11.8. The third-order valence-electron chi connectivity index (χ3n) is 4.35. The average Bonchev–Trinajstić information content (AvgIpc) is 2.64. The summed E-state index contributed by atoms with van der Waals surface area (Å²) in [5, 5.41) is 5.76. The van der Waals surface area contributed by atoms with Crippen LogP contribution in [-0.4, -0.2) is 62.8 Å². The van der Waals surface area contributed by atoms with Gasteiger partial charge >= 0.3 is 0 Å². The lowest BCUT2D eigenvalue weighted by atomic mass is 9.89. The van der Waals surface area contributed by atoms with Crippen LogP contribution in [0, 0.1) is 10.8 Å². The number of rotatable bonds is 18. The summed E-state index contributed by atoms with van der Waals surface area (Å²) >= 11 is 1.82. The summed E-state index contributed by atoms with van der Waals surface area (Å²) in [5.41, 5.74) is 0.677. The molecule has 0 aliphatic heterocycles. The Morgan fingerprint density at radius 2 is 1.26 bits per heavy atom. The summed E-state index contributed by atoms with van der Waals surface area (Å²) in [6.07, 6.45) is 5.58. The fourth-order valence-corrected chi connectivity index (χ4v) is 3.77. The molecule has 0 aliphatic rings. The van der Waals surface area contributed by atoms with Crippen molar-refractivity contribution in [2.24, 2.45) is 10.8 Å². The van der Waals surface area contributed by atoms with E-state index >= 15 is 0 Å². The summed E-state index contributed by atoms with van der Waals surface area (Å²) in [6.45, 7) is 16.3. The highest BCUT2D eigenvalue weighted by Gasteiger charge is 2.10. The van der Waals surface area contributed by atoms with Crippen molar-refractivity contribution in [3.05, 3.63) is 0 Å². The van der Waals surface area contributed by atoms with Crippen molar-refractivity contribution in [2.45, 2.75) is 80.1 Å². The van der Waals surface area contributed by atoms with Gasteiger partial charge in [-0.25, -0.2) is 0 Å². The number of amides is 2. The first-order valence-electron chi connectivity index (χ1n) is 11.8. The molecule has 0 aromatic rings. The lowest BCUT2D eigenvalue weighted by molar-refractivity contribution is -0.122. The second-order valence-electron chi connectivity index (χ2n) is 10.4. The molecule has 0 rings (SSSR count). The van der Waals surface area contributed by atoms with Gasteiger partial charge in [0.05, 0.1) is 26.4 Å². The second kappa shape index (κ2) is 17.7. The number of carbonyl (C=O) groups excluding carboxylic acids is 2. The Morgan fingerprint density at radius 3 is 1.77 bits per heavy atom. The molecule has 0 aliphatic carbocycles. The molecule has 0 spiro atoms. The van der Waals surface area contributed by atoms with Crippen LogP contribution >= 0.6 is 11.8 Å². The van der Waals surface area contributed by atoms with Crippen LogP contribution in [0.2, 0.25) is 0 Å². The Kier molecular flexibility index (Phi) is 17.3. The lowest BCUT2D eigenvalue weighted by Gasteiger charge is -2.17. The van der Waals surface area contributed by atoms with Crippen LogP contribution in [0.4, 0.5) is 0 Å². The molecule has 0 atom stereocenters. The standard InChI is InChI=1S/C24H48N2O4S/c1-23(2,3)12-9-7-8-10-21(27)25-13-15-29-17-18-30-16-14-26-22(28)11-19-31-20-24(4,5)6/h7-20H2,1-6H3,(H,25,27)(H,26,28). The minimum absolute atomic E-state index is 0.0752. The molecule has 0 heterocycles. The molecular formula is C24H48N2O4S. The summed E-state index contributed by atoms with van der Waals surface area (Å²) < 4.78 is 10.9. The van der Waals surface area contributed by atoms with Crippen LogP contribution in [0.25, 0.3) is 0 Å². The summed E-state index contributed by atoms with van der Waals surface area (Å²) in [6, 6.07) is 0. The molecule has 31 heavy (non-hydrogen) atoms. The highest BCUT2D eigenvalue weighted by Crippen LogP contribution is 2.22. The summed E-state index contributed by atoms with van der Waals surface area (Å²) in [7, 11) is 0. The Bertz CT molecular complexity index is 473. The highest BCUT2D eigenvalue weighted by atomic mass is 32.2.